The number of hydrogen-bond donors (Lipinski definition) is 1. The second-order valence-corrected chi connectivity index (χ2v) is 4.95. The van der Waals surface area contributed by atoms with Crippen LogP contribution in [-0.4, -0.2) is 49.1 Å². The Morgan fingerprint density at radius 3 is 2.55 bits per heavy atom. The van der Waals surface area contributed by atoms with Crippen molar-refractivity contribution >= 4 is 11.8 Å². The summed E-state index contributed by atoms with van der Waals surface area (Å²) in [7, 11) is 0. The monoisotopic (exact) mass is 276 g/mol. The van der Waals surface area contributed by atoms with Crippen molar-refractivity contribution in [2.45, 2.75) is 19.9 Å². The number of ether oxygens (including phenoxy) is 1. The molecule has 0 aromatic heterocycles. The third-order valence-corrected chi connectivity index (χ3v) is 3.43. The number of carbonyl (C=O) groups is 2. The van der Waals surface area contributed by atoms with Crippen molar-refractivity contribution < 1.29 is 14.3 Å². The van der Waals surface area contributed by atoms with Gasteiger partial charge in [-0.25, -0.2) is 0 Å². The van der Waals surface area contributed by atoms with Gasteiger partial charge in [0.2, 0.25) is 5.91 Å². The molecule has 1 aromatic rings. The highest BCUT2D eigenvalue weighted by Gasteiger charge is 2.24. The van der Waals surface area contributed by atoms with Gasteiger partial charge in [0.15, 0.2) is 0 Å². The highest BCUT2D eigenvalue weighted by Crippen LogP contribution is 2.08. The van der Waals surface area contributed by atoms with Crippen molar-refractivity contribution in [2.24, 2.45) is 0 Å². The first-order valence-corrected chi connectivity index (χ1v) is 6.82. The fourth-order valence-corrected chi connectivity index (χ4v) is 2.22. The summed E-state index contributed by atoms with van der Waals surface area (Å²) >= 11 is 0. The molecule has 0 aliphatic carbocycles. The summed E-state index contributed by atoms with van der Waals surface area (Å²) in [6.07, 6.45) is 0. The highest BCUT2D eigenvalue weighted by atomic mass is 16.5. The summed E-state index contributed by atoms with van der Waals surface area (Å²) in [6.45, 7) is 5.89. The van der Waals surface area contributed by atoms with Gasteiger partial charge < -0.3 is 15.0 Å². The van der Waals surface area contributed by atoms with E-state index < -0.39 is 6.04 Å². The summed E-state index contributed by atoms with van der Waals surface area (Å²) < 4.78 is 5.21. The van der Waals surface area contributed by atoms with Crippen molar-refractivity contribution in [3.63, 3.8) is 0 Å². The molecule has 0 unspecified atom stereocenters. The van der Waals surface area contributed by atoms with E-state index >= 15 is 0 Å². The van der Waals surface area contributed by atoms with E-state index in [1.54, 1.807) is 17.9 Å². The molecule has 1 aromatic carbocycles. The Morgan fingerprint density at radius 2 is 1.90 bits per heavy atom. The number of benzene rings is 1. The van der Waals surface area contributed by atoms with Crippen LogP contribution in [-0.2, 0) is 9.53 Å². The van der Waals surface area contributed by atoms with Crippen LogP contribution in [0.25, 0.3) is 0 Å². The number of hydrogen-bond acceptors (Lipinski definition) is 3. The lowest BCUT2D eigenvalue weighted by molar-refractivity contribution is -0.136. The molecule has 2 rings (SSSR count). The molecular formula is C15H20N2O3. The van der Waals surface area contributed by atoms with Crippen molar-refractivity contribution in [1.29, 1.82) is 0 Å². The maximum Gasteiger partial charge on any atom is 0.252 e. The quantitative estimate of drug-likeness (QED) is 0.895. The van der Waals surface area contributed by atoms with Crippen molar-refractivity contribution in [2.75, 3.05) is 26.3 Å². The summed E-state index contributed by atoms with van der Waals surface area (Å²) in [4.78, 5) is 26.1. The number of rotatable bonds is 3. The van der Waals surface area contributed by atoms with E-state index in [1.807, 2.05) is 25.1 Å². The maximum absolute atomic E-state index is 12.2. The minimum absolute atomic E-state index is 0.0600. The van der Waals surface area contributed by atoms with E-state index in [1.165, 1.54) is 0 Å². The molecule has 1 saturated heterocycles. The van der Waals surface area contributed by atoms with E-state index in [2.05, 4.69) is 5.32 Å². The molecule has 5 heteroatoms. The number of nitrogens with one attached hydrogen (secondary N) is 1. The second-order valence-electron chi connectivity index (χ2n) is 4.95. The largest absolute Gasteiger partial charge is 0.378 e. The Balaban J connectivity index is 1.97. The fraction of sp³-hybridized carbons (Fsp3) is 0.467. The average Bonchev–Trinajstić information content (AvgIpc) is 2.47. The number of amides is 2. The van der Waals surface area contributed by atoms with Crippen LogP contribution in [0.1, 0.15) is 22.8 Å². The van der Waals surface area contributed by atoms with Gasteiger partial charge in [-0.2, -0.15) is 0 Å². The number of morpholine rings is 1. The zero-order valence-electron chi connectivity index (χ0n) is 11.9. The number of carbonyl (C=O) groups excluding carboxylic acids is 2. The van der Waals surface area contributed by atoms with Crippen LogP contribution in [0.4, 0.5) is 0 Å². The molecule has 5 nitrogen and oxygen atoms in total. The standard InChI is InChI=1S/C15H20N2O3/c1-11-5-3-4-6-13(11)14(18)16-12(2)15(19)17-7-9-20-10-8-17/h3-6,12H,7-10H2,1-2H3,(H,16,18)/t12-/m0/s1. The Hall–Kier alpha value is -1.88. The van der Waals surface area contributed by atoms with Crippen molar-refractivity contribution in [1.82, 2.24) is 10.2 Å². The molecule has 1 aliphatic heterocycles. The minimum atomic E-state index is -0.528. The summed E-state index contributed by atoms with van der Waals surface area (Å²) in [5.41, 5.74) is 1.50. The Kier molecular flexibility index (Phi) is 4.74. The zero-order valence-corrected chi connectivity index (χ0v) is 11.9. The first-order chi connectivity index (χ1) is 9.59. The smallest absolute Gasteiger partial charge is 0.252 e. The third kappa shape index (κ3) is 3.36. The molecule has 1 fully saturated rings. The Morgan fingerprint density at radius 1 is 1.25 bits per heavy atom. The van der Waals surface area contributed by atoms with Gasteiger partial charge in [-0.05, 0) is 25.5 Å². The van der Waals surface area contributed by atoms with Crippen LogP contribution >= 0.6 is 0 Å². The van der Waals surface area contributed by atoms with Crippen LogP contribution in [0.2, 0.25) is 0 Å². The predicted molar refractivity (Wildman–Crippen MR) is 75.5 cm³/mol. The minimum Gasteiger partial charge on any atom is -0.378 e. The van der Waals surface area contributed by atoms with E-state index in [9.17, 15) is 9.59 Å². The first-order valence-electron chi connectivity index (χ1n) is 6.82. The molecule has 0 bridgehead atoms. The second kappa shape index (κ2) is 6.52. The van der Waals surface area contributed by atoms with Gasteiger partial charge in [0.05, 0.1) is 13.2 Å². The van der Waals surface area contributed by atoms with Crippen LogP contribution < -0.4 is 5.32 Å². The van der Waals surface area contributed by atoms with Crippen LogP contribution in [0.15, 0.2) is 24.3 Å². The van der Waals surface area contributed by atoms with Crippen LogP contribution in [0.5, 0.6) is 0 Å². The van der Waals surface area contributed by atoms with Gasteiger partial charge in [-0.3, -0.25) is 9.59 Å². The molecule has 2 amide bonds. The third-order valence-electron chi connectivity index (χ3n) is 3.43. The van der Waals surface area contributed by atoms with Gasteiger partial charge in [-0.1, -0.05) is 18.2 Å². The lowest BCUT2D eigenvalue weighted by atomic mass is 10.1. The van der Waals surface area contributed by atoms with Gasteiger partial charge >= 0.3 is 0 Å². The Labute approximate surface area is 118 Å². The van der Waals surface area contributed by atoms with E-state index in [0.717, 1.165) is 5.56 Å². The summed E-state index contributed by atoms with van der Waals surface area (Å²) in [5.74, 6) is -0.271. The number of nitrogens with zero attached hydrogens (tertiary/aromatic N) is 1. The molecule has 1 atom stereocenters. The summed E-state index contributed by atoms with van der Waals surface area (Å²) in [5, 5.41) is 2.76. The lowest BCUT2D eigenvalue weighted by Crippen LogP contribution is -2.50. The Bertz CT molecular complexity index is 496. The predicted octanol–water partition coefficient (Wildman–Crippen LogP) is 0.972. The lowest BCUT2D eigenvalue weighted by Gasteiger charge is -2.29. The van der Waals surface area contributed by atoms with E-state index in [0.29, 0.717) is 31.9 Å². The normalized spacial score (nSPS) is 16.6. The highest BCUT2D eigenvalue weighted by molar-refractivity contribution is 5.98. The number of aryl methyl sites for hydroxylation is 1. The average molecular weight is 276 g/mol. The van der Waals surface area contributed by atoms with Crippen LogP contribution in [0, 0.1) is 6.92 Å². The fourth-order valence-electron chi connectivity index (χ4n) is 2.22. The topological polar surface area (TPSA) is 58.6 Å². The SMILES string of the molecule is Cc1ccccc1C(=O)N[C@@H](C)C(=O)N1CCOCC1. The first kappa shape index (κ1) is 14.5. The molecule has 0 radical (unpaired) electrons. The van der Waals surface area contributed by atoms with E-state index in [4.69, 9.17) is 4.74 Å². The molecule has 0 saturated carbocycles. The van der Waals surface area contributed by atoms with Crippen LogP contribution in [0.3, 0.4) is 0 Å². The van der Waals surface area contributed by atoms with E-state index in [-0.39, 0.29) is 11.8 Å². The van der Waals surface area contributed by atoms with Gasteiger partial charge in [0.1, 0.15) is 6.04 Å². The summed E-state index contributed by atoms with van der Waals surface area (Å²) in [6, 6.07) is 6.81. The molecule has 0 spiro atoms. The molecule has 108 valence electrons. The zero-order chi connectivity index (χ0) is 14.5. The molecular weight excluding hydrogens is 256 g/mol. The van der Waals surface area contributed by atoms with Crippen molar-refractivity contribution in [3.05, 3.63) is 35.4 Å². The van der Waals surface area contributed by atoms with Gasteiger partial charge in [-0.15, -0.1) is 0 Å². The maximum atomic E-state index is 12.2. The molecule has 20 heavy (non-hydrogen) atoms. The van der Waals surface area contributed by atoms with Crippen molar-refractivity contribution in [3.8, 4) is 0 Å². The molecule has 1 aliphatic rings. The molecule has 1 N–H and O–H groups in total. The van der Waals surface area contributed by atoms with Gasteiger partial charge in [0.25, 0.3) is 5.91 Å². The molecule has 1 heterocycles. The van der Waals surface area contributed by atoms with Gasteiger partial charge in [0, 0.05) is 18.7 Å².